The van der Waals surface area contributed by atoms with Crippen molar-refractivity contribution in [1.29, 1.82) is 0 Å². The number of aromatic amines is 1. The van der Waals surface area contributed by atoms with Crippen LogP contribution in [0.1, 0.15) is 37.0 Å². The summed E-state index contributed by atoms with van der Waals surface area (Å²) < 4.78 is 5.20. The van der Waals surface area contributed by atoms with E-state index in [2.05, 4.69) is 10.2 Å². The normalized spacial score (nSPS) is 11.4. The highest BCUT2D eigenvalue weighted by molar-refractivity contribution is 6.35. The molecular formula is C14H14Cl2N2O2. The average molecular weight is 313 g/mol. The predicted octanol–water partition coefficient (Wildman–Crippen LogP) is 4.23. The van der Waals surface area contributed by atoms with Gasteiger partial charge in [0.2, 0.25) is 0 Å². The summed E-state index contributed by atoms with van der Waals surface area (Å²) in [7, 11) is 0. The molecule has 1 heterocycles. The molecule has 1 aromatic carbocycles. The molecule has 0 amide bonds. The molecule has 1 N–H and O–H groups in total. The lowest BCUT2D eigenvalue weighted by Gasteiger charge is -2.14. The second-order valence-corrected chi connectivity index (χ2v) is 6.22. The maximum absolute atomic E-state index is 12.0. The van der Waals surface area contributed by atoms with Crippen LogP contribution in [0.3, 0.4) is 0 Å². The van der Waals surface area contributed by atoms with Crippen molar-refractivity contribution in [1.82, 2.24) is 10.2 Å². The van der Waals surface area contributed by atoms with Crippen LogP contribution in [0.5, 0.6) is 5.75 Å². The molecule has 2 rings (SSSR count). The Balaban J connectivity index is 2.18. The predicted molar refractivity (Wildman–Crippen MR) is 78.7 cm³/mol. The number of H-pyrrole nitrogens is 1. The first-order valence-corrected chi connectivity index (χ1v) is 6.76. The van der Waals surface area contributed by atoms with Crippen LogP contribution in [0.25, 0.3) is 0 Å². The number of halogens is 2. The van der Waals surface area contributed by atoms with Crippen LogP contribution in [-0.2, 0) is 5.41 Å². The van der Waals surface area contributed by atoms with Crippen LogP contribution < -0.4 is 4.74 Å². The van der Waals surface area contributed by atoms with Gasteiger partial charge in [-0.3, -0.25) is 5.10 Å². The van der Waals surface area contributed by atoms with Crippen LogP contribution in [0.15, 0.2) is 24.3 Å². The summed E-state index contributed by atoms with van der Waals surface area (Å²) in [5, 5.41) is 7.54. The fourth-order valence-corrected chi connectivity index (χ4v) is 1.97. The smallest absolute Gasteiger partial charge is 0.364 e. The zero-order valence-electron chi connectivity index (χ0n) is 11.3. The molecule has 0 aliphatic carbocycles. The third kappa shape index (κ3) is 3.32. The van der Waals surface area contributed by atoms with Gasteiger partial charge >= 0.3 is 5.97 Å². The standard InChI is InChI=1S/C14H14Cl2N2O2/c1-14(2,3)12-7-10(17-18-12)13(19)20-11-5-4-8(15)6-9(11)16/h4-7H,1-3H3,(H,17,18). The van der Waals surface area contributed by atoms with E-state index in [1.54, 1.807) is 18.2 Å². The number of ether oxygens (including phenoxy) is 1. The minimum Gasteiger partial charge on any atom is -0.420 e. The second kappa shape index (κ2) is 5.46. The zero-order valence-corrected chi connectivity index (χ0v) is 12.8. The minimum absolute atomic E-state index is 0.122. The molecule has 0 spiro atoms. The Morgan fingerprint density at radius 1 is 1.25 bits per heavy atom. The summed E-state index contributed by atoms with van der Waals surface area (Å²) in [6.07, 6.45) is 0. The van der Waals surface area contributed by atoms with Gasteiger partial charge in [-0.1, -0.05) is 44.0 Å². The topological polar surface area (TPSA) is 55.0 Å². The minimum atomic E-state index is -0.569. The van der Waals surface area contributed by atoms with Crippen LogP contribution >= 0.6 is 23.2 Å². The second-order valence-electron chi connectivity index (χ2n) is 5.38. The largest absolute Gasteiger partial charge is 0.420 e. The highest BCUT2D eigenvalue weighted by Gasteiger charge is 2.20. The van der Waals surface area contributed by atoms with E-state index in [1.807, 2.05) is 20.8 Å². The molecule has 0 unspecified atom stereocenters. The lowest BCUT2D eigenvalue weighted by molar-refractivity contribution is 0.0728. The Labute approximate surface area is 127 Å². The molecule has 0 aliphatic heterocycles. The molecule has 6 heteroatoms. The Kier molecular flexibility index (Phi) is 4.06. The number of rotatable bonds is 2. The van der Waals surface area contributed by atoms with Crippen LogP contribution in [0.2, 0.25) is 10.0 Å². The molecule has 4 nitrogen and oxygen atoms in total. The number of carbonyl (C=O) groups is 1. The van der Waals surface area contributed by atoms with Gasteiger partial charge in [-0.15, -0.1) is 0 Å². The first kappa shape index (κ1) is 14.9. The maximum Gasteiger partial charge on any atom is 0.364 e. The molecule has 0 aliphatic rings. The molecule has 106 valence electrons. The first-order valence-electron chi connectivity index (χ1n) is 6.00. The van der Waals surface area contributed by atoms with Gasteiger partial charge in [0, 0.05) is 16.1 Å². The van der Waals surface area contributed by atoms with Crippen LogP contribution in [0, 0.1) is 0 Å². The molecule has 0 bridgehead atoms. The van der Waals surface area contributed by atoms with Gasteiger partial charge in [0.05, 0.1) is 5.02 Å². The van der Waals surface area contributed by atoms with Gasteiger partial charge in [-0.2, -0.15) is 5.10 Å². The number of benzene rings is 1. The zero-order chi connectivity index (χ0) is 14.9. The van der Waals surface area contributed by atoms with E-state index in [4.69, 9.17) is 27.9 Å². The Morgan fingerprint density at radius 3 is 2.50 bits per heavy atom. The maximum atomic E-state index is 12.0. The average Bonchev–Trinajstić information content (AvgIpc) is 2.82. The number of hydrogen-bond donors (Lipinski definition) is 1. The Bertz CT molecular complexity index is 645. The number of nitrogens with zero attached hydrogens (tertiary/aromatic N) is 1. The fraction of sp³-hybridized carbons (Fsp3) is 0.286. The molecular weight excluding hydrogens is 299 g/mol. The Hall–Kier alpha value is -1.52. The van der Waals surface area contributed by atoms with Gasteiger partial charge in [0.15, 0.2) is 5.69 Å². The SMILES string of the molecule is CC(C)(C)c1cc(C(=O)Oc2ccc(Cl)cc2Cl)n[nH]1. The first-order chi connectivity index (χ1) is 9.27. The monoisotopic (exact) mass is 312 g/mol. The van der Waals surface area contributed by atoms with Crippen LogP contribution in [0.4, 0.5) is 0 Å². The third-order valence-corrected chi connectivity index (χ3v) is 3.22. The molecule has 20 heavy (non-hydrogen) atoms. The highest BCUT2D eigenvalue weighted by atomic mass is 35.5. The molecule has 0 fully saturated rings. The van der Waals surface area contributed by atoms with Crippen molar-refractivity contribution in [2.45, 2.75) is 26.2 Å². The van der Waals surface area contributed by atoms with Crippen molar-refractivity contribution in [3.05, 3.63) is 45.7 Å². The highest BCUT2D eigenvalue weighted by Crippen LogP contribution is 2.28. The van der Waals surface area contributed by atoms with E-state index in [1.165, 1.54) is 6.07 Å². The fourth-order valence-electron chi connectivity index (χ4n) is 1.52. The van der Waals surface area contributed by atoms with Gasteiger partial charge in [-0.25, -0.2) is 4.79 Å². The Morgan fingerprint density at radius 2 is 1.95 bits per heavy atom. The summed E-state index contributed by atoms with van der Waals surface area (Å²) in [6, 6.07) is 6.32. The molecule has 0 saturated heterocycles. The van der Waals surface area contributed by atoms with Crippen molar-refractivity contribution in [3.63, 3.8) is 0 Å². The number of esters is 1. The lowest BCUT2D eigenvalue weighted by Crippen LogP contribution is -2.11. The van der Waals surface area contributed by atoms with Gasteiger partial charge < -0.3 is 4.74 Å². The van der Waals surface area contributed by atoms with Crippen molar-refractivity contribution < 1.29 is 9.53 Å². The van der Waals surface area contributed by atoms with E-state index < -0.39 is 5.97 Å². The molecule has 2 aromatic rings. The number of hydrogen-bond acceptors (Lipinski definition) is 3. The number of aromatic nitrogens is 2. The molecule has 1 aromatic heterocycles. The van der Waals surface area contributed by atoms with E-state index in [-0.39, 0.29) is 21.9 Å². The number of nitrogens with one attached hydrogen (secondary N) is 1. The van der Waals surface area contributed by atoms with E-state index in [9.17, 15) is 4.79 Å². The summed E-state index contributed by atoms with van der Waals surface area (Å²) in [6.45, 7) is 6.06. The van der Waals surface area contributed by atoms with E-state index >= 15 is 0 Å². The van der Waals surface area contributed by atoms with Crippen molar-refractivity contribution in [2.24, 2.45) is 0 Å². The van der Waals surface area contributed by atoms with Gasteiger partial charge in [0.1, 0.15) is 5.75 Å². The summed E-state index contributed by atoms with van der Waals surface area (Å²) in [5.41, 5.74) is 0.941. The molecule has 0 saturated carbocycles. The van der Waals surface area contributed by atoms with Gasteiger partial charge in [0.25, 0.3) is 0 Å². The summed E-state index contributed by atoms with van der Waals surface area (Å²) >= 11 is 11.7. The number of carbonyl (C=O) groups excluding carboxylic acids is 1. The summed E-state index contributed by atoms with van der Waals surface area (Å²) in [4.78, 5) is 12.0. The van der Waals surface area contributed by atoms with Crippen molar-refractivity contribution >= 4 is 29.2 Å². The quantitative estimate of drug-likeness (QED) is 0.666. The molecule has 0 radical (unpaired) electrons. The van der Waals surface area contributed by atoms with Crippen molar-refractivity contribution in [2.75, 3.05) is 0 Å². The van der Waals surface area contributed by atoms with Gasteiger partial charge in [-0.05, 0) is 24.3 Å². The molecule has 0 atom stereocenters. The van der Waals surface area contributed by atoms with E-state index in [0.717, 1.165) is 5.69 Å². The van der Waals surface area contributed by atoms with Crippen LogP contribution in [-0.4, -0.2) is 16.2 Å². The summed E-state index contributed by atoms with van der Waals surface area (Å²) in [5.74, 6) is -0.317. The third-order valence-electron chi connectivity index (χ3n) is 2.69. The van der Waals surface area contributed by atoms with E-state index in [0.29, 0.717) is 5.02 Å². The van der Waals surface area contributed by atoms with Crippen molar-refractivity contribution in [3.8, 4) is 5.75 Å². The lowest BCUT2D eigenvalue weighted by atomic mass is 9.92.